The second kappa shape index (κ2) is 6.33. The van der Waals surface area contributed by atoms with E-state index in [-0.39, 0.29) is 11.9 Å². The molecule has 1 unspecified atom stereocenters. The highest BCUT2D eigenvalue weighted by Gasteiger charge is 2.18. The van der Waals surface area contributed by atoms with Crippen molar-refractivity contribution in [2.75, 3.05) is 19.6 Å². The molecule has 90 valence electrons. The summed E-state index contributed by atoms with van der Waals surface area (Å²) in [6.45, 7) is 6.30. The van der Waals surface area contributed by atoms with Crippen LogP contribution < -0.4 is 5.73 Å². The summed E-state index contributed by atoms with van der Waals surface area (Å²) in [6.07, 6.45) is 0. The van der Waals surface area contributed by atoms with Gasteiger partial charge in [0.05, 0.1) is 4.47 Å². The van der Waals surface area contributed by atoms with Crippen LogP contribution in [0.2, 0.25) is 0 Å². The Bertz CT molecular complexity index is 344. The smallest absolute Gasteiger partial charge is 0.142 e. The molecule has 0 amide bonds. The molecule has 1 rings (SSSR count). The van der Waals surface area contributed by atoms with Crippen LogP contribution in [0.1, 0.15) is 25.5 Å². The summed E-state index contributed by atoms with van der Waals surface area (Å²) < 4.78 is 14.4. The van der Waals surface area contributed by atoms with E-state index in [2.05, 4.69) is 27.8 Å². The lowest BCUT2D eigenvalue weighted by Gasteiger charge is -2.28. The molecule has 0 aliphatic heterocycles. The summed E-state index contributed by atoms with van der Waals surface area (Å²) in [7, 11) is 0. The van der Waals surface area contributed by atoms with Crippen molar-refractivity contribution in [3.05, 3.63) is 34.1 Å². The highest BCUT2D eigenvalue weighted by molar-refractivity contribution is 9.10. The Balaban J connectivity index is 2.94. The predicted octanol–water partition coefficient (Wildman–Crippen LogP) is 2.93. The molecule has 0 radical (unpaired) electrons. The van der Waals surface area contributed by atoms with Crippen LogP contribution in [0, 0.1) is 5.82 Å². The van der Waals surface area contributed by atoms with Gasteiger partial charge in [-0.25, -0.2) is 4.39 Å². The Labute approximate surface area is 105 Å². The van der Waals surface area contributed by atoms with Gasteiger partial charge in [-0.3, -0.25) is 4.90 Å². The summed E-state index contributed by atoms with van der Waals surface area (Å²) in [5, 5.41) is 0. The Morgan fingerprint density at radius 1 is 1.50 bits per heavy atom. The van der Waals surface area contributed by atoms with Gasteiger partial charge in [0, 0.05) is 24.7 Å². The van der Waals surface area contributed by atoms with E-state index in [0.717, 1.165) is 13.1 Å². The molecule has 0 aliphatic carbocycles. The van der Waals surface area contributed by atoms with Gasteiger partial charge < -0.3 is 5.73 Å². The maximum Gasteiger partial charge on any atom is 0.142 e. The van der Waals surface area contributed by atoms with Gasteiger partial charge in [-0.05, 0) is 35.5 Å². The maximum atomic E-state index is 13.9. The van der Waals surface area contributed by atoms with Crippen molar-refractivity contribution in [1.29, 1.82) is 0 Å². The summed E-state index contributed by atoms with van der Waals surface area (Å²) in [5.74, 6) is -0.175. The third-order valence-corrected chi connectivity index (χ3v) is 3.41. The molecule has 1 atom stereocenters. The molecule has 1 aromatic rings. The molecule has 0 spiro atoms. The zero-order valence-corrected chi connectivity index (χ0v) is 11.3. The zero-order chi connectivity index (χ0) is 12.1. The maximum absolute atomic E-state index is 13.9. The van der Waals surface area contributed by atoms with Gasteiger partial charge in [-0.1, -0.05) is 19.1 Å². The largest absolute Gasteiger partial charge is 0.329 e. The summed E-state index contributed by atoms with van der Waals surface area (Å²) in [6, 6.07) is 5.44. The van der Waals surface area contributed by atoms with Crippen LogP contribution in [0.5, 0.6) is 0 Å². The van der Waals surface area contributed by atoms with Crippen molar-refractivity contribution >= 4 is 15.9 Å². The molecule has 0 saturated heterocycles. The normalized spacial score (nSPS) is 13.1. The summed E-state index contributed by atoms with van der Waals surface area (Å²) >= 11 is 3.21. The second-order valence-corrected chi connectivity index (χ2v) is 4.59. The third kappa shape index (κ3) is 3.03. The van der Waals surface area contributed by atoms with E-state index in [4.69, 9.17) is 5.73 Å². The minimum Gasteiger partial charge on any atom is -0.329 e. The van der Waals surface area contributed by atoms with Crippen LogP contribution >= 0.6 is 15.9 Å². The number of benzene rings is 1. The Kier molecular flexibility index (Phi) is 5.38. The molecule has 0 aromatic heterocycles. The summed E-state index contributed by atoms with van der Waals surface area (Å²) in [4.78, 5) is 2.16. The summed E-state index contributed by atoms with van der Waals surface area (Å²) in [5.41, 5.74) is 6.26. The van der Waals surface area contributed by atoms with Gasteiger partial charge in [0.15, 0.2) is 0 Å². The van der Waals surface area contributed by atoms with Crippen molar-refractivity contribution in [1.82, 2.24) is 4.90 Å². The van der Waals surface area contributed by atoms with E-state index in [0.29, 0.717) is 16.6 Å². The van der Waals surface area contributed by atoms with Gasteiger partial charge >= 0.3 is 0 Å². The minimum absolute atomic E-state index is 0.0473. The van der Waals surface area contributed by atoms with Gasteiger partial charge in [-0.2, -0.15) is 0 Å². The Morgan fingerprint density at radius 3 is 2.75 bits per heavy atom. The van der Waals surface area contributed by atoms with Crippen LogP contribution in [-0.2, 0) is 0 Å². The number of nitrogens with two attached hydrogens (primary N) is 1. The molecule has 2 nitrogen and oxygen atoms in total. The minimum atomic E-state index is -0.175. The van der Waals surface area contributed by atoms with Crippen LogP contribution in [0.3, 0.4) is 0 Å². The first kappa shape index (κ1) is 13.6. The van der Waals surface area contributed by atoms with Gasteiger partial charge in [-0.15, -0.1) is 0 Å². The Morgan fingerprint density at radius 2 is 2.19 bits per heavy atom. The van der Waals surface area contributed by atoms with Crippen molar-refractivity contribution in [3.63, 3.8) is 0 Å². The molecule has 16 heavy (non-hydrogen) atoms. The predicted molar refractivity (Wildman–Crippen MR) is 68.8 cm³/mol. The highest BCUT2D eigenvalue weighted by atomic mass is 79.9. The number of rotatable bonds is 5. The topological polar surface area (TPSA) is 29.3 Å². The molecule has 0 aliphatic rings. The standard InChI is InChI=1S/C12H18BrFN2/c1-3-16(8-7-15)9(2)10-5-4-6-11(13)12(10)14/h4-6,9H,3,7-8,15H2,1-2H3. The first-order valence-corrected chi connectivity index (χ1v) is 6.29. The van der Waals surface area contributed by atoms with Gasteiger partial charge in [0.1, 0.15) is 5.82 Å². The van der Waals surface area contributed by atoms with Gasteiger partial charge in [0.2, 0.25) is 0 Å². The second-order valence-electron chi connectivity index (χ2n) is 3.74. The van der Waals surface area contributed by atoms with E-state index in [1.165, 1.54) is 0 Å². The average Bonchev–Trinajstić information content (AvgIpc) is 2.29. The van der Waals surface area contributed by atoms with E-state index < -0.39 is 0 Å². The first-order valence-electron chi connectivity index (χ1n) is 5.49. The quantitative estimate of drug-likeness (QED) is 0.903. The van der Waals surface area contributed by atoms with Crippen LogP contribution in [0.25, 0.3) is 0 Å². The van der Waals surface area contributed by atoms with E-state index in [1.54, 1.807) is 6.07 Å². The molecule has 1 aromatic carbocycles. The molecular weight excluding hydrogens is 271 g/mol. The Hall–Kier alpha value is -0.450. The molecular formula is C12H18BrFN2. The number of hydrogen-bond acceptors (Lipinski definition) is 2. The van der Waals surface area contributed by atoms with Crippen LogP contribution in [0.4, 0.5) is 4.39 Å². The van der Waals surface area contributed by atoms with Crippen molar-refractivity contribution < 1.29 is 4.39 Å². The lowest BCUT2D eigenvalue weighted by Crippen LogP contribution is -2.32. The van der Waals surface area contributed by atoms with Crippen molar-refractivity contribution in [2.24, 2.45) is 5.73 Å². The molecule has 2 N–H and O–H groups in total. The highest BCUT2D eigenvalue weighted by Crippen LogP contribution is 2.26. The molecule has 4 heteroatoms. The van der Waals surface area contributed by atoms with E-state index in [1.807, 2.05) is 19.1 Å². The number of halogens is 2. The molecule has 0 heterocycles. The van der Waals surface area contributed by atoms with Crippen molar-refractivity contribution in [2.45, 2.75) is 19.9 Å². The third-order valence-electron chi connectivity index (χ3n) is 2.80. The fourth-order valence-electron chi connectivity index (χ4n) is 1.83. The molecule has 0 bridgehead atoms. The molecule has 0 saturated carbocycles. The number of hydrogen-bond donors (Lipinski definition) is 1. The lowest BCUT2D eigenvalue weighted by molar-refractivity contribution is 0.224. The monoisotopic (exact) mass is 288 g/mol. The average molecular weight is 289 g/mol. The van der Waals surface area contributed by atoms with Gasteiger partial charge in [0.25, 0.3) is 0 Å². The number of nitrogens with zero attached hydrogens (tertiary/aromatic N) is 1. The SMILES string of the molecule is CCN(CCN)C(C)c1cccc(Br)c1F. The first-order chi connectivity index (χ1) is 7.61. The van der Waals surface area contributed by atoms with Crippen molar-refractivity contribution in [3.8, 4) is 0 Å². The fraction of sp³-hybridized carbons (Fsp3) is 0.500. The van der Waals surface area contributed by atoms with E-state index >= 15 is 0 Å². The number of likely N-dealkylation sites (N-methyl/N-ethyl adjacent to an activating group) is 1. The molecule has 0 fully saturated rings. The van der Waals surface area contributed by atoms with Crippen LogP contribution in [0.15, 0.2) is 22.7 Å². The zero-order valence-electron chi connectivity index (χ0n) is 9.71. The van der Waals surface area contributed by atoms with E-state index in [9.17, 15) is 4.39 Å². The van der Waals surface area contributed by atoms with Crippen LogP contribution in [-0.4, -0.2) is 24.5 Å². The lowest BCUT2D eigenvalue weighted by atomic mass is 10.1. The fourth-order valence-corrected chi connectivity index (χ4v) is 2.21.